The van der Waals surface area contributed by atoms with Crippen LogP contribution < -0.4 is 10.1 Å². The van der Waals surface area contributed by atoms with E-state index in [2.05, 4.69) is 10.3 Å². The minimum atomic E-state index is -1.07. The van der Waals surface area contributed by atoms with Crippen molar-refractivity contribution in [2.24, 2.45) is 4.99 Å². The van der Waals surface area contributed by atoms with E-state index in [4.69, 9.17) is 21.4 Å². The van der Waals surface area contributed by atoms with Gasteiger partial charge in [0.25, 0.3) is 5.91 Å². The highest BCUT2D eigenvalue weighted by Gasteiger charge is 2.24. The van der Waals surface area contributed by atoms with Crippen molar-refractivity contribution in [1.82, 2.24) is 5.32 Å². The van der Waals surface area contributed by atoms with Crippen LogP contribution in [0.4, 0.5) is 5.69 Å². The van der Waals surface area contributed by atoms with Gasteiger partial charge in [0.15, 0.2) is 11.8 Å². The zero-order chi connectivity index (χ0) is 18.5. The lowest BCUT2D eigenvalue weighted by atomic mass is 10.2. The molecule has 0 spiro atoms. The number of amidine groups is 1. The molecule has 6 nitrogen and oxygen atoms in total. The predicted octanol–water partition coefficient (Wildman–Crippen LogP) is 3.70. The summed E-state index contributed by atoms with van der Waals surface area (Å²) in [7, 11) is 0. The number of aliphatic imine (C=N–C) groups is 1. The van der Waals surface area contributed by atoms with Crippen LogP contribution in [0.2, 0.25) is 5.02 Å². The molecule has 0 atom stereocenters. The second-order valence-electron chi connectivity index (χ2n) is 5.18. The van der Waals surface area contributed by atoms with Gasteiger partial charge in [0.05, 0.1) is 10.6 Å². The van der Waals surface area contributed by atoms with Gasteiger partial charge in [-0.2, -0.15) is 0 Å². The Bertz CT molecular complexity index is 910. The van der Waals surface area contributed by atoms with Crippen LogP contribution in [0.5, 0.6) is 5.75 Å². The van der Waals surface area contributed by atoms with Crippen molar-refractivity contribution in [3.05, 3.63) is 64.0 Å². The second kappa shape index (κ2) is 8.07. The number of carbonyl (C=O) groups is 2. The summed E-state index contributed by atoms with van der Waals surface area (Å²) in [5.41, 5.74) is 1.28. The first-order valence-electron chi connectivity index (χ1n) is 7.50. The van der Waals surface area contributed by atoms with Crippen molar-refractivity contribution >= 4 is 52.2 Å². The van der Waals surface area contributed by atoms with Crippen LogP contribution in [0, 0.1) is 0 Å². The van der Waals surface area contributed by atoms with Crippen molar-refractivity contribution < 1.29 is 19.4 Å². The van der Waals surface area contributed by atoms with Gasteiger partial charge >= 0.3 is 5.97 Å². The first-order chi connectivity index (χ1) is 12.5. The van der Waals surface area contributed by atoms with Crippen LogP contribution in [0.3, 0.4) is 0 Å². The number of nitrogens with one attached hydrogen (secondary N) is 1. The number of benzene rings is 2. The monoisotopic (exact) mass is 388 g/mol. The molecule has 2 N–H and O–H groups in total. The molecule has 1 saturated heterocycles. The van der Waals surface area contributed by atoms with Crippen molar-refractivity contribution in [3.8, 4) is 5.75 Å². The van der Waals surface area contributed by atoms with Gasteiger partial charge in [0.2, 0.25) is 0 Å². The van der Waals surface area contributed by atoms with Crippen LogP contribution in [0.1, 0.15) is 5.56 Å². The molecule has 1 aliphatic heterocycles. The Morgan fingerprint density at radius 2 is 1.96 bits per heavy atom. The summed E-state index contributed by atoms with van der Waals surface area (Å²) in [6, 6.07) is 13.8. The molecule has 1 amide bonds. The van der Waals surface area contributed by atoms with Gasteiger partial charge in [0.1, 0.15) is 5.75 Å². The molecule has 0 aliphatic carbocycles. The smallest absolute Gasteiger partial charge is 0.341 e. The highest BCUT2D eigenvalue weighted by Crippen LogP contribution is 2.30. The summed E-state index contributed by atoms with van der Waals surface area (Å²) in [4.78, 5) is 27.7. The zero-order valence-corrected chi connectivity index (χ0v) is 14.9. The van der Waals surface area contributed by atoms with Crippen molar-refractivity contribution in [2.45, 2.75) is 0 Å². The largest absolute Gasteiger partial charge is 0.481 e. The number of ether oxygens (including phenoxy) is 1. The topological polar surface area (TPSA) is 88.0 Å². The SMILES string of the molecule is O=C(O)COc1ccccc1/C=C1\SC(=Nc2ccc(Cl)cc2)NC1=O. The van der Waals surface area contributed by atoms with E-state index in [1.807, 2.05) is 0 Å². The number of carboxylic acid groups (broad SMARTS) is 1. The Kier molecular flexibility index (Phi) is 5.60. The molecule has 1 heterocycles. The fraction of sp³-hybridized carbons (Fsp3) is 0.0556. The summed E-state index contributed by atoms with van der Waals surface area (Å²) in [5.74, 6) is -0.965. The molecule has 0 bridgehead atoms. The molecule has 1 aliphatic rings. The van der Waals surface area contributed by atoms with E-state index in [1.165, 1.54) is 11.8 Å². The highest BCUT2D eigenvalue weighted by atomic mass is 35.5. The molecule has 2 aromatic rings. The van der Waals surface area contributed by atoms with E-state index in [0.29, 0.717) is 32.1 Å². The van der Waals surface area contributed by atoms with E-state index in [1.54, 1.807) is 54.6 Å². The Labute approximate surface area is 158 Å². The summed E-state index contributed by atoms with van der Waals surface area (Å²) < 4.78 is 5.25. The third-order valence-corrected chi connectivity index (χ3v) is 4.43. The fourth-order valence-electron chi connectivity index (χ4n) is 2.13. The number of thioether (sulfide) groups is 1. The summed E-state index contributed by atoms with van der Waals surface area (Å²) >= 11 is 7.04. The minimum Gasteiger partial charge on any atom is -0.481 e. The number of nitrogens with zero attached hydrogens (tertiary/aromatic N) is 1. The number of hydrogen-bond acceptors (Lipinski definition) is 5. The van der Waals surface area contributed by atoms with Crippen molar-refractivity contribution in [2.75, 3.05) is 6.61 Å². The summed E-state index contributed by atoms with van der Waals surface area (Å²) in [6.45, 7) is -0.456. The van der Waals surface area contributed by atoms with Gasteiger partial charge in [-0.1, -0.05) is 29.8 Å². The maximum atomic E-state index is 12.2. The number of hydrogen-bond donors (Lipinski definition) is 2. The van der Waals surface area contributed by atoms with Crippen molar-refractivity contribution in [3.63, 3.8) is 0 Å². The standard InChI is InChI=1S/C18H13ClN2O4S/c19-12-5-7-13(8-6-12)20-18-21-17(24)15(26-18)9-11-3-1-2-4-14(11)25-10-16(22)23/h1-9H,10H2,(H,22,23)(H,20,21,24)/b15-9-. The molecule has 26 heavy (non-hydrogen) atoms. The molecular weight excluding hydrogens is 376 g/mol. The van der Waals surface area contributed by atoms with Crippen LogP contribution in [0.25, 0.3) is 6.08 Å². The predicted molar refractivity (Wildman–Crippen MR) is 102 cm³/mol. The molecule has 0 radical (unpaired) electrons. The molecule has 8 heteroatoms. The van der Waals surface area contributed by atoms with Crippen LogP contribution >= 0.6 is 23.4 Å². The Morgan fingerprint density at radius 1 is 1.23 bits per heavy atom. The quantitative estimate of drug-likeness (QED) is 0.762. The van der Waals surface area contributed by atoms with Gasteiger partial charge in [-0.05, 0) is 48.2 Å². The first-order valence-corrected chi connectivity index (χ1v) is 8.69. The minimum absolute atomic E-state index is 0.282. The fourth-order valence-corrected chi connectivity index (χ4v) is 3.08. The molecule has 132 valence electrons. The molecule has 3 rings (SSSR count). The van der Waals surface area contributed by atoms with Gasteiger partial charge in [-0.15, -0.1) is 0 Å². The lowest BCUT2D eigenvalue weighted by molar-refractivity contribution is -0.139. The maximum Gasteiger partial charge on any atom is 0.341 e. The summed E-state index contributed by atoms with van der Waals surface area (Å²) in [5, 5.41) is 12.5. The lowest BCUT2D eigenvalue weighted by Crippen LogP contribution is -2.19. The number of halogens is 1. The molecule has 0 saturated carbocycles. The molecule has 0 aromatic heterocycles. The van der Waals surface area contributed by atoms with E-state index in [9.17, 15) is 9.59 Å². The highest BCUT2D eigenvalue weighted by molar-refractivity contribution is 8.18. The third-order valence-electron chi connectivity index (χ3n) is 3.26. The number of carboxylic acids is 1. The van der Waals surface area contributed by atoms with E-state index in [-0.39, 0.29) is 5.91 Å². The summed E-state index contributed by atoms with van der Waals surface area (Å²) in [6.07, 6.45) is 1.64. The Balaban J connectivity index is 1.81. The van der Waals surface area contributed by atoms with Gasteiger partial charge in [-0.25, -0.2) is 9.79 Å². The third kappa shape index (κ3) is 4.65. The van der Waals surface area contributed by atoms with E-state index < -0.39 is 12.6 Å². The lowest BCUT2D eigenvalue weighted by Gasteiger charge is -2.06. The first kappa shape index (κ1) is 18.0. The maximum absolute atomic E-state index is 12.2. The zero-order valence-electron chi connectivity index (χ0n) is 13.3. The molecule has 1 fully saturated rings. The van der Waals surface area contributed by atoms with Gasteiger partial charge in [-0.3, -0.25) is 4.79 Å². The molecule has 0 unspecified atom stereocenters. The van der Waals surface area contributed by atoms with Crippen LogP contribution in [-0.4, -0.2) is 28.8 Å². The number of rotatable bonds is 5. The number of aliphatic carboxylic acids is 1. The van der Waals surface area contributed by atoms with Gasteiger partial charge < -0.3 is 15.2 Å². The van der Waals surface area contributed by atoms with E-state index >= 15 is 0 Å². The number of amides is 1. The van der Waals surface area contributed by atoms with Gasteiger partial charge in [0, 0.05) is 10.6 Å². The average molecular weight is 389 g/mol. The Morgan fingerprint density at radius 3 is 2.69 bits per heavy atom. The number of carbonyl (C=O) groups excluding carboxylic acids is 1. The van der Waals surface area contributed by atoms with Crippen LogP contribution in [0.15, 0.2) is 58.4 Å². The number of para-hydroxylation sites is 1. The Hall–Kier alpha value is -2.77. The van der Waals surface area contributed by atoms with Crippen molar-refractivity contribution in [1.29, 1.82) is 0 Å². The van der Waals surface area contributed by atoms with Crippen LogP contribution in [-0.2, 0) is 9.59 Å². The normalized spacial score (nSPS) is 16.7. The second-order valence-corrected chi connectivity index (χ2v) is 6.65. The molecular formula is C18H13ClN2O4S. The van der Waals surface area contributed by atoms with E-state index in [0.717, 1.165) is 0 Å². The average Bonchev–Trinajstić information content (AvgIpc) is 2.95. The molecule has 2 aromatic carbocycles.